The molecule has 1 amide bonds. The molecule has 0 bridgehead atoms. The van der Waals surface area contributed by atoms with Crippen LogP contribution < -0.4 is 17.0 Å². The van der Waals surface area contributed by atoms with Crippen molar-refractivity contribution in [1.29, 1.82) is 0 Å². The molecule has 4 nitrogen and oxygen atoms in total. The van der Waals surface area contributed by atoms with Crippen molar-refractivity contribution < 1.29 is 4.79 Å². The zero-order chi connectivity index (χ0) is 13.0. The number of thioether (sulfide) groups is 1. The Bertz CT molecular complexity index is 409. The predicted molar refractivity (Wildman–Crippen MR) is 72.4 cm³/mol. The molecular weight excluding hydrogens is 234 g/mol. The largest absolute Gasteiger partial charge is 0.398 e. The lowest BCUT2D eigenvalue weighted by Crippen LogP contribution is -2.38. The van der Waals surface area contributed by atoms with E-state index in [0.29, 0.717) is 0 Å². The van der Waals surface area contributed by atoms with Crippen LogP contribution in [0.1, 0.15) is 19.4 Å². The first-order valence-electron chi connectivity index (χ1n) is 5.49. The van der Waals surface area contributed by atoms with Crippen LogP contribution in [-0.4, -0.2) is 11.2 Å². The summed E-state index contributed by atoms with van der Waals surface area (Å²) in [6.45, 7) is 5.85. The van der Waals surface area contributed by atoms with Crippen LogP contribution in [0.2, 0.25) is 0 Å². The van der Waals surface area contributed by atoms with Crippen LogP contribution in [0.5, 0.6) is 0 Å². The van der Waals surface area contributed by atoms with Crippen LogP contribution in [0.15, 0.2) is 23.1 Å². The predicted octanol–water partition coefficient (Wildman–Crippen LogP) is 1.68. The Labute approximate surface area is 106 Å². The number of carbonyl (C=O) groups excluding carboxylic acids is 1. The first kappa shape index (κ1) is 13.9. The minimum absolute atomic E-state index is 0.138. The molecule has 1 aromatic carbocycles. The SMILES string of the molecule is Cc1c(N)cccc1SC(C)C(C)C(=O)NN. The number of nitrogens with one attached hydrogen (secondary N) is 1. The molecule has 1 aromatic rings. The number of nitrogens with two attached hydrogens (primary N) is 2. The van der Waals surface area contributed by atoms with Gasteiger partial charge in [0.2, 0.25) is 5.91 Å². The number of amides is 1. The third kappa shape index (κ3) is 3.38. The number of nitrogen functional groups attached to an aromatic ring is 1. The maximum atomic E-state index is 11.4. The summed E-state index contributed by atoms with van der Waals surface area (Å²) < 4.78 is 0. The van der Waals surface area contributed by atoms with Gasteiger partial charge in [-0.05, 0) is 24.6 Å². The van der Waals surface area contributed by atoms with Crippen LogP contribution >= 0.6 is 11.8 Å². The summed E-state index contributed by atoms with van der Waals surface area (Å²) in [5.41, 5.74) is 9.86. The molecule has 0 aliphatic carbocycles. The fourth-order valence-electron chi connectivity index (χ4n) is 1.41. The Kier molecular flexibility index (Phi) is 4.84. The van der Waals surface area contributed by atoms with Gasteiger partial charge in [0.25, 0.3) is 0 Å². The first-order chi connectivity index (χ1) is 7.97. The molecule has 2 atom stereocenters. The van der Waals surface area contributed by atoms with Crippen molar-refractivity contribution in [2.45, 2.75) is 30.9 Å². The minimum atomic E-state index is -0.147. The molecular formula is C12H19N3OS. The quantitative estimate of drug-likeness (QED) is 0.251. The highest BCUT2D eigenvalue weighted by Crippen LogP contribution is 2.32. The van der Waals surface area contributed by atoms with Crippen molar-refractivity contribution >= 4 is 23.4 Å². The number of hydrazine groups is 1. The van der Waals surface area contributed by atoms with E-state index in [-0.39, 0.29) is 17.1 Å². The van der Waals surface area contributed by atoms with Gasteiger partial charge in [0.05, 0.1) is 0 Å². The van der Waals surface area contributed by atoms with E-state index in [1.165, 1.54) is 0 Å². The zero-order valence-corrected chi connectivity index (χ0v) is 11.2. The van der Waals surface area contributed by atoms with Crippen molar-refractivity contribution in [1.82, 2.24) is 5.43 Å². The molecule has 0 saturated carbocycles. The van der Waals surface area contributed by atoms with Crippen molar-refractivity contribution in [3.63, 3.8) is 0 Å². The molecule has 5 N–H and O–H groups in total. The van der Waals surface area contributed by atoms with Gasteiger partial charge < -0.3 is 5.73 Å². The molecule has 5 heteroatoms. The van der Waals surface area contributed by atoms with E-state index in [9.17, 15) is 4.79 Å². The van der Waals surface area contributed by atoms with Crippen molar-refractivity contribution in [2.24, 2.45) is 11.8 Å². The lowest BCUT2D eigenvalue weighted by atomic mass is 10.1. The molecule has 0 aliphatic heterocycles. The topological polar surface area (TPSA) is 81.1 Å². The van der Waals surface area contributed by atoms with Crippen LogP contribution in [0.25, 0.3) is 0 Å². The molecule has 2 unspecified atom stereocenters. The van der Waals surface area contributed by atoms with E-state index >= 15 is 0 Å². The van der Waals surface area contributed by atoms with Crippen LogP contribution in [0.3, 0.4) is 0 Å². The Morgan fingerprint density at radius 3 is 2.65 bits per heavy atom. The highest BCUT2D eigenvalue weighted by Gasteiger charge is 2.21. The Hall–Kier alpha value is -1.20. The standard InChI is InChI=1S/C12H19N3OS/c1-7(12(16)15-14)9(3)17-11-6-4-5-10(13)8(11)2/h4-7,9H,13-14H2,1-3H3,(H,15,16). The average molecular weight is 253 g/mol. The van der Waals surface area contributed by atoms with Crippen molar-refractivity contribution in [2.75, 3.05) is 5.73 Å². The summed E-state index contributed by atoms with van der Waals surface area (Å²) in [7, 11) is 0. The molecule has 1 rings (SSSR count). The van der Waals surface area contributed by atoms with Gasteiger partial charge in [-0.15, -0.1) is 11.8 Å². The normalized spacial score (nSPS) is 14.1. The second-order valence-corrected chi connectivity index (χ2v) is 5.51. The average Bonchev–Trinajstić information content (AvgIpc) is 2.32. The Balaban J connectivity index is 2.77. The van der Waals surface area contributed by atoms with Gasteiger partial charge in [-0.1, -0.05) is 19.9 Å². The van der Waals surface area contributed by atoms with Crippen LogP contribution in [0.4, 0.5) is 5.69 Å². The molecule has 17 heavy (non-hydrogen) atoms. The second-order valence-electron chi connectivity index (χ2n) is 4.09. The first-order valence-corrected chi connectivity index (χ1v) is 6.37. The third-order valence-corrected chi connectivity index (χ3v) is 4.38. The summed E-state index contributed by atoms with van der Waals surface area (Å²) in [6, 6.07) is 5.81. The number of carbonyl (C=O) groups is 1. The fourth-order valence-corrected chi connectivity index (χ4v) is 2.59. The maximum Gasteiger partial charge on any atom is 0.237 e. The Morgan fingerprint density at radius 2 is 2.06 bits per heavy atom. The molecule has 0 spiro atoms. The van der Waals surface area contributed by atoms with E-state index in [1.807, 2.05) is 39.0 Å². The third-order valence-electron chi connectivity index (χ3n) is 2.90. The highest BCUT2D eigenvalue weighted by molar-refractivity contribution is 8.00. The summed E-state index contributed by atoms with van der Waals surface area (Å²) in [5.74, 6) is 4.84. The minimum Gasteiger partial charge on any atom is -0.398 e. The van der Waals surface area contributed by atoms with Gasteiger partial charge in [0.1, 0.15) is 0 Å². The van der Waals surface area contributed by atoms with Gasteiger partial charge in [0.15, 0.2) is 0 Å². The summed E-state index contributed by atoms with van der Waals surface area (Å²) >= 11 is 1.64. The molecule has 94 valence electrons. The van der Waals surface area contributed by atoms with Crippen molar-refractivity contribution in [3.05, 3.63) is 23.8 Å². The van der Waals surface area contributed by atoms with Crippen LogP contribution in [0, 0.1) is 12.8 Å². The number of rotatable bonds is 4. The van der Waals surface area contributed by atoms with E-state index in [0.717, 1.165) is 16.1 Å². The van der Waals surface area contributed by atoms with Gasteiger partial charge in [0, 0.05) is 21.8 Å². The van der Waals surface area contributed by atoms with E-state index < -0.39 is 0 Å². The molecule has 0 heterocycles. The Morgan fingerprint density at radius 1 is 1.41 bits per heavy atom. The molecule has 0 fully saturated rings. The zero-order valence-electron chi connectivity index (χ0n) is 10.4. The second kappa shape index (κ2) is 5.93. The number of benzene rings is 1. The maximum absolute atomic E-state index is 11.4. The highest BCUT2D eigenvalue weighted by atomic mass is 32.2. The molecule has 0 aromatic heterocycles. The lowest BCUT2D eigenvalue weighted by Gasteiger charge is -2.19. The van der Waals surface area contributed by atoms with Gasteiger partial charge in [-0.2, -0.15) is 0 Å². The smallest absolute Gasteiger partial charge is 0.237 e. The van der Waals surface area contributed by atoms with Crippen molar-refractivity contribution in [3.8, 4) is 0 Å². The van der Waals surface area contributed by atoms with E-state index in [1.54, 1.807) is 11.8 Å². The van der Waals surface area contributed by atoms with Gasteiger partial charge in [-0.25, -0.2) is 5.84 Å². The van der Waals surface area contributed by atoms with Gasteiger partial charge >= 0.3 is 0 Å². The summed E-state index contributed by atoms with van der Waals surface area (Å²) in [4.78, 5) is 12.5. The number of anilines is 1. The molecule has 0 radical (unpaired) electrons. The van der Waals surface area contributed by atoms with E-state index in [4.69, 9.17) is 11.6 Å². The summed E-state index contributed by atoms with van der Waals surface area (Å²) in [5, 5.41) is 0.138. The van der Waals surface area contributed by atoms with E-state index in [2.05, 4.69) is 5.43 Å². The molecule has 0 aliphatic rings. The van der Waals surface area contributed by atoms with Crippen LogP contribution in [-0.2, 0) is 4.79 Å². The summed E-state index contributed by atoms with van der Waals surface area (Å²) in [6.07, 6.45) is 0. The number of hydrogen-bond acceptors (Lipinski definition) is 4. The van der Waals surface area contributed by atoms with Gasteiger partial charge in [-0.3, -0.25) is 10.2 Å². The number of hydrogen-bond donors (Lipinski definition) is 3. The fraction of sp³-hybridized carbons (Fsp3) is 0.417. The molecule has 0 saturated heterocycles. The lowest BCUT2D eigenvalue weighted by molar-refractivity contribution is -0.124. The monoisotopic (exact) mass is 253 g/mol.